The Kier molecular flexibility index (Phi) is 7.11. The second kappa shape index (κ2) is 9.84. The summed E-state index contributed by atoms with van der Waals surface area (Å²) < 4.78 is 6.07. The lowest BCUT2D eigenvalue weighted by Gasteiger charge is -2.49. The SMILES string of the molecule is CCCCC(C(=O)NC1CCCCC12CCN(c1nc3cc(C)ccc3o1)CC2)C(C)C. The molecule has 1 spiro atoms. The van der Waals surface area contributed by atoms with Crippen molar-refractivity contribution in [3.63, 3.8) is 0 Å². The van der Waals surface area contributed by atoms with E-state index >= 15 is 0 Å². The van der Waals surface area contributed by atoms with Crippen LogP contribution >= 0.6 is 0 Å². The first-order chi connectivity index (χ1) is 15.4. The Morgan fingerprint density at radius 3 is 2.75 bits per heavy atom. The summed E-state index contributed by atoms with van der Waals surface area (Å²) in [5.74, 6) is 0.819. The maximum absolute atomic E-state index is 13.3. The van der Waals surface area contributed by atoms with Gasteiger partial charge >= 0.3 is 0 Å². The van der Waals surface area contributed by atoms with Crippen LogP contribution in [0.25, 0.3) is 11.1 Å². The summed E-state index contributed by atoms with van der Waals surface area (Å²) in [6, 6.07) is 7.23. The molecule has 1 N–H and O–H groups in total. The Labute approximate surface area is 193 Å². The molecule has 0 bridgehead atoms. The van der Waals surface area contributed by atoms with Crippen molar-refractivity contribution in [3.8, 4) is 0 Å². The number of piperidine rings is 1. The number of nitrogens with zero attached hydrogens (tertiary/aromatic N) is 2. The second-order valence-electron chi connectivity index (χ2n) is 10.6. The molecule has 2 unspecified atom stereocenters. The van der Waals surface area contributed by atoms with E-state index in [1.165, 1.54) is 24.8 Å². The Hall–Kier alpha value is -2.04. The number of anilines is 1. The van der Waals surface area contributed by atoms with Gasteiger partial charge in [-0.25, -0.2) is 0 Å². The van der Waals surface area contributed by atoms with Crippen LogP contribution in [0.1, 0.15) is 84.1 Å². The van der Waals surface area contributed by atoms with Crippen molar-refractivity contribution in [3.05, 3.63) is 23.8 Å². The summed E-state index contributed by atoms with van der Waals surface area (Å²) in [6.07, 6.45) is 10.3. The van der Waals surface area contributed by atoms with Crippen LogP contribution < -0.4 is 10.2 Å². The van der Waals surface area contributed by atoms with Crippen LogP contribution in [-0.4, -0.2) is 30.0 Å². The number of benzene rings is 1. The Morgan fingerprint density at radius 1 is 1.25 bits per heavy atom. The van der Waals surface area contributed by atoms with Crippen molar-refractivity contribution in [2.24, 2.45) is 17.3 Å². The van der Waals surface area contributed by atoms with Crippen molar-refractivity contribution in [1.82, 2.24) is 10.3 Å². The molecular weight excluding hydrogens is 398 g/mol. The Morgan fingerprint density at radius 2 is 2.03 bits per heavy atom. The zero-order chi connectivity index (χ0) is 22.7. The minimum atomic E-state index is 0.136. The number of amides is 1. The fourth-order valence-electron chi connectivity index (χ4n) is 5.90. The number of carbonyl (C=O) groups excluding carboxylic acids is 1. The number of rotatable bonds is 7. The van der Waals surface area contributed by atoms with E-state index in [1.54, 1.807) is 0 Å². The van der Waals surface area contributed by atoms with E-state index in [2.05, 4.69) is 50.0 Å². The van der Waals surface area contributed by atoms with Crippen LogP contribution in [0.3, 0.4) is 0 Å². The number of carbonyl (C=O) groups is 1. The third-order valence-corrected chi connectivity index (χ3v) is 8.04. The average molecular weight is 440 g/mol. The van der Waals surface area contributed by atoms with Crippen LogP contribution in [0.2, 0.25) is 0 Å². The summed E-state index contributed by atoms with van der Waals surface area (Å²) in [6.45, 7) is 10.6. The maximum Gasteiger partial charge on any atom is 0.298 e. The smallest absolute Gasteiger partial charge is 0.298 e. The molecule has 1 amide bonds. The first-order valence-electron chi connectivity index (χ1n) is 12.8. The van der Waals surface area contributed by atoms with E-state index in [0.29, 0.717) is 12.0 Å². The van der Waals surface area contributed by atoms with Crippen LogP contribution in [0, 0.1) is 24.2 Å². The first kappa shape index (κ1) is 23.1. The van der Waals surface area contributed by atoms with Gasteiger partial charge in [-0.15, -0.1) is 0 Å². The normalized spacial score (nSPS) is 21.9. The van der Waals surface area contributed by atoms with Crippen LogP contribution in [0.4, 0.5) is 6.01 Å². The topological polar surface area (TPSA) is 58.4 Å². The van der Waals surface area contributed by atoms with Gasteiger partial charge in [0.1, 0.15) is 5.52 Å². The van der Waals surface area contributed by atoms with E-state index in [-0.39, 0.29) is 17.2 Å². The van der Waals surface area contributed by atoms with Gasteiger partial charge in [-0.3, -0.25) is 4.79 Å². The molecule has 2 fully saturated rings. The minimum absolute atomic E-state index is 0.136. The molecule has 1 saturated heterocycles. The zero-order valence-electron chi connectivity index (χ0n) is 20.5. The molecule has 5 heteroatoms. The van der Waals surface area contributed by atoms with Crippen molar-refractivity contribution >= 4 is 23.0 Å². The molecule has 176 valence electrons. The maximum atomic E-state index is 13.3. The first-order valence-corrected chi connectivity index (χ1v) is 12.8. The summed E-state index contributed by atoms with van der Waals surface area (Å²) in [4.78, 5) is 20.3. The Bertz CT molecular complexity index is 911. The number of aryl methyl sites for hydroxylation is 1. The molecule has 1 aliphatic heterocycles. The van der Waals surface area contributed by atoms with E-state index < -0.39 is 0 Å². The van der Waals surface area contributed by atoms with Gasteiger partial charge in [-0.2, -0.15) is 4.98 Å². The minimum Gasteiger partial charge on any atom is -0.423 e. The number of hydrogen-bond acceptors (Lipinski definition) is 4. The number of nitrogens with one attached hydrogen (secondary N) is 1. The summed E-state index contributed by atoms with van der Waals surface area (Å²) in [5, 5.41) is 3.56. The monoisotopic (exact) mass is 439 g/mol. The average Bonchev–Trinajstić information content (AvgIpc) is 3.19. The van der Waals surface area contributed by atoms with Gasteiger partial charge < -0.3 is 14.6 Å². The highest BCUT2D eigenvalue weighted by Crippen LogP contribution is 2.45. The van der Waals surface area contributed by atoms with E-state index in [0.717, 1.165) is 68.7 Å². The van der Waals surface area contributed by atoms with Crippen LogP contribution in [0.15, 0.2) is 22.6 Å². The molecule has 1 aliphatic carbocycles. The molecule has 2 atom stereocenters. The molecule has 1 aromatic heterocycles. The van der Waals surface area contributed by atoms with Crippen molar-refractivity contribution < 1.29 is 9.21 Å². The van der Waals surface area contributed by atoms with Crippen LogP contribution in [0.5, 0.6) is 0 Å². The van der Waals surface area contributed by atoms with Gasteiger partial charge in [-0.05, 0) is 68.1 Å². The van der Waals surface area contributed by atoms with E-state index in [1.807, 2.05) is 6.07 Å². The standard InChI is InChI=1S/C27H41N3O2/c1-5-6-9-21(19(2)3)25(31)29-24-10-7-8-13-27(24)14-16-30(17-15-27)26-28-22-18-20(4)11-12-23(22)32-26/h11-12,18-19,21,24H,5-10,13-17H2,1-4H3,(H,29,31). The number of aromatic nitrogens is 1. The highest BCUT2D eigenvalue weighted by molar-refractivity contribution is 5.79. The molecule has 1 saturated carbocycles. The lowest BCUT2D eigenvalue weighted by Crippen LogP contribution is -2.55. The van der Waals surface area contributed by atoms with Crippen LogP contribution in [-0.2, 0) is 4.79 Å². The number of fused-ring (bicyclic) bond motifs is 1. The summed E-state index contributed by atoms with van der Waals surface area (Å²) >= 11 is 0. The third kappa shape index (κ3) is 4.82. The fourth-order valence-corrected chi connectivity index (χ4v) is 5.90. The largest absolute Gasteiger partial charge is 0.423 e. The van der Waals surface area contributed by atoms with Crippen molar-refractivity contribution in [2.75, 3.05) is 18.0 Å². The molecule has 0 radical (unpaired) electrons. The van der Waals surface area contributed by atoms with Gasteiger partial charge in [-0.1, -0.05) is 52.5 Å². The third-order valence-electron chi connectivity index (χ3n) is 8.04. The quantitative estimate of drug-likeness (QED) is 0.554. The predicted octanol–water partition coefficient (Wildman–Crippen LogP) is 6.24. The second-order valence-corrected chi connectivity index (χ2v) is 10.6. The highest BCUT2D eigenvalue weighted by atomic mass is 16.4. The number of hydrogen-bond donors (Lipinski definition) is 1. The van der Waals surface area contributed by atoms with Crippen molar-refractivity contribution in [2.45, 2.75) is 91.5 Å². The molecule has 2 aromatic rings. The molecular formula is C27H41N3O2. The van der Waals surface area contributed by atoms with E-state index in [4.69, 9.17) is 9.40 Å². The fraction of sp³-hybridized carbons (Fsp3) is 0.704. The highest BCUT2D eigenvalue weighted by Gasteiger charge is 2.44. The van der Waals surface area contributed by atoms with Gasteiger partial charge in [0.25, 0.3) is 6.01 Å². The van der Waals surface area contributed by atoms with E-state index in [9.17, 15) is 4.79 Å². The lowest BCUT2D eigenvalue weighted by molar-refractivity contribution is -0.129. The molecule has 4 rings (SSSR count). The molecule has 1 aromatic carbocycles. The molecule has 2 aliphatic rings. The van der Waals surface area contributed by atoms with Gasteiger partial charge in [0.05, 0.1) is 0 Å². The molecule has 2 heterocycles. The van der Waals surface area contributed by atoms with Gasteiger partial charge in [0, 0.05) is 25.0 Å². The lowest BCUT2D eigenvalue weighted by atomic mass is 9.64. The zero-order valence-corrected chi connectivity index (χ0v) is 20.5. The summed E-state index contributed by atoms with van der Waals surface area (Å²) in [5.41, 5.74) is 3.23. The Balaban J connectivity index is 1.43. The number of unbranched alkanes of at least 4 members (excludes halogenated alkanes) is 1. The molecule has 5 nitrogen and oxygen atoms in total. The molecule has 32 heavy (non-hydrogen) atoms. The number of oxazole rings is 1. The summed E-state index contributed by atoms with van der Waals surface area (Å²) in [7, 11) is 0. The predicted molar refractivity (Wildman–Crippen MR) is 131 cm³/mol. The van der Waals surface area contributed by atoms with Crippen molar-refractivity contribution in [1.29, 1.82) is 0 Å². The van der Waals surface area contributed by atoms with Gasteiger partial charge in [0.2, 0.25) is 5.91 Å². The van der Waals surface area contributed by atoms with Gasteiger partial charge in [0.15, 0.2) is 5.58 Å².